The number of ether oxygens (including phenoxy) is 1. The fourth-order valence-electron chi connectivity index (χ4n) is 1.54. The summed E-state index contributed by atoms with van der Waals surface area (Å²) < 4.78 is 49.8. The highest BCUT2D eigenvalue weighted by Crippen LogP contribution is 2.66. The molecule has 0 aromatic heterocycles. The topological polar surface area (TPSA) is 169 Å². The molecule has 0 amide bonds. The molecule has 0 aliphatic carbocycles. The Morgan fingerprint density at radius 1 is 1.10 bits per heavy atom. The number of phosphoric ester groups is 1. The number of rotatable bonds is 7. The van der Waals surface area contributed by atoms with Crippen LogP contribution in [-0.2, 0) is 31.6 Å². The van der Waals surface area contributed by atoms with Crippen LogP contribution >= 0.6 is 23.5 Å². The van der Waals surface area contributed by atoms with Gasteiger partial charge in [-0.15, -0.1) is 0 Å². The Morgan fingerprint density at radius 2 is 1.67 bits per heavy atom. The van der Waals surface area contributed by atoms with Gasteiger partial charge >= 0.3 is 23.5 Å². The zero-order valence-corrected chi connectivity index (χ0v) is 13.4. The molecule has 124 valence electrons. The number of hydrogen-bond donors (Lipinski definition) is 4. The van der Waals surface area contributed by atoms with Crippen molar-refractivity contribution in [1.29, 1.82) is 0 Å². The van der Waals surface area contributed by atoms with Crippen LogP contribution in [-0.4, -0.2) is 31.8 Å². The molecule has 4 atom stereocenters. The average Bonchev–Trinajstić information content (AvgIpc) is 2.57. The third-order valence-electron chi connectivity index (χ3n) is 2.24. The standard InChI is InChI=1S/C7H15O11P3/c1-5-3-4-7(15-5)6(2)16-20(11,12)18-21(13,14)17-19(8,9)10/h5,7H,2-4H2,1H3,(H,11,12)(H,13,14)(H2,8,9,10)/t5-,7-/m0/s1. The summed E-state index contributed by atoms with van der Waals surface area (Å²) in [7, 11) is -16.1. The van der Waals surface area contributed by atoms with Gasteiger partial charge in [0.15, 0.2) is 0 Å². The van der Waals surface area contributed by atoms with Crippen LogP contribution < -0.4 is 0 Å². The Labute approximate surface area is 120 Å². The van der Waals surface area contributed by atoms with Crippen molar-refractivity contribution < 1.29 is 51.2 Å². The minimum atomic E-state index is -5.52. The molecule has 1 rings (SSSR count). The second-order valence-electron chi connectivity index (χ2n) is 4.16. The maximum atomic E-state index is 11.5. The maximum Gasteiger partial charge on any atom is 0.536 e. The molecule has 1 heterocycles. The predicted molar refractivity (Wildman–Crippen MR) is 67.7 cm³/mol. The van der Waals surface area contributed by atoms with Gasteiger partial charge in [-0.25, -0.2) is 13.7 Å². The first-order chi connectivity index (χ1) is 9.30. The first-order valence-electron chi connectivity index (χ1n) is 5.47. The van der Waals surface area contributed by atoms with E-state index in [9.17, 15) is 18.6 Å². The largest absolute Gasteiger partial charge is 0.536 e. The van der Waals surface area contributed by atoms with Gasteiger partial charge in [0.2, 0.25) is 0 Å². The average molecular weight is 368 g/mol. The summed E-state index contributed by atoms with van der Waals surface area (Å²) in [4.78, 5) is 34.9. The van der Waals surface area contributed by atoms with Crippen molar-refractivity contribution in [3.8, 4) is 0 Å². The SMILES string of the molecule is C=C(OP(=O)(O)OP(=O)(O)OP(=O)(O)O)[C@@H]1CC[C@H](C)O1. The lowest BCUT2D eigenvalue weighted by molar-refractivity contribution is 0.0509. The Balaban J connectivity index is 2.65. The summed E-state index contributed by atoms with van der Waals surface area (Å²) in [5.74, 6) is -0.318. The van der Waals surface area contributed by atoms with E-state index in [0.29, 0.717) is 12.8 Å². The summed E-state index contributed by atoms with van der Waals surface area (Å²) in [5, 5.41) is 0. The molecule has 0 aromatic carbocycles. The van der Waals surface area contributed by atoms with Crippen molar-refractivity contribution in [3.05, 3.63) is 12.3 Å². The van der Waals surface area contributed by atoms with E-state index in [0.717, 1.165) is 0 Å². The van der Waals surface area contributed by atoms with Crippen molar-refractivity contribution in [3.63, 3.8) is 0 Å². The van der Waals surface area contributed by atoms with Gasteiger partial charge in [0.25, 0.3) is 0 Å². The number of hydrogen-bond acceptors (Lipinski definition) is 7. The van der Waals surface area contributed by atoms with Gasteiger partial charge < -0.3 is 23.9 Å². The maximum absolute atomic E-state index is 11.5. The minimum Gasteiger partial charge on any atom is -0.406 e. The van der Waals surface area contributed by atoms with E-state index < -0.39 is 29.6 Å². The molecule has 0 saturated carbocycles. The summed E-state index contributed by atoms with van der Waals surface area (Å²) in [6.07, 6.45) is 0.292. The van der Waals surface area contributed by atoms with Crippen LogP contribution in [0.4, 0.5) is 0 Å². The summed E-state index contributed by atoms with van der Waals surface area (Å²) >= 11 is 0. The van der Waals surface area contributed by atoms with Crippen molar-refractivity contribution in [2.24, 2.45) is 0 Å². The molecule has 1 aliphatic rings. The van der Waals surface area contributed by atoms with Crippen LogP contribution in [0.5, 0.6) is 0 Å². The molecule has 4 N–H and O–H groups in total. The van der Waals surface area contributed by atoms with E-state index in [4.69, 9.17) is 19.4 Å². The lowest BCUT2D eigenvalue weighted by atomic mass is 10.2. The van der Waals surface area contributed by atoms with Crippen molar-refractivity contribution in [1.82, 2.24) is 0 Å². The first-order valence-corrected chi connectivity index (χ1v) is 9.99. The molecule has 1 fully saturated rings. The summed E-state index contributed by atoms with van der Waals surface area (Å²) in [6.45, 7) is 5.10. The first kappa shape index (κ1) is 19.0. The monoisotopic (exact) mass is 368 g/mol. The van der Waals surface area contributed by atoms with Crippen LogP contribution in [0.1, 0.15) is 19.8 Å². The highest BCUT2D eigenvalue weighted by Gasteiger charge is 2.42. The van der Waals surface area contributed by atoms with Gasteiger partial charge in [-0.3, -0.25) is 4.89 Å². The molecule has 0 spiro atoms. The molecule has 2 unspecified atom stereocenters. The molecule has 0 aromatic rings. The Morgan fingerprint density at radius 3 is 2.10 bits per heavy atom. The third-order valence-corrected chi connectivity index (χ3v) is 6.03. The van der Waals surface area contributed by atoms with Crippen molar-refractivity contribution in [2.75, 3.05) is 0 Å². The van der Waals surface area contributed by atoms with Gasteiger partial charge in [-0.1, -0.05) is 6.58 Å². The molecule has 14 heteroatoms. The zero-order valence-electron chi connectivity index (χ0n) is 10.8. The molecular formula is C7H15O11P3. The highest BCUT2D eigenvalue weighted by atomic mass is 31.3. The quantitative estimate of drug-likeness (QED) is 0.378. The second kappa shape index (κ2) is 6.60. The Hall–Kier alpha value is -0.0500. The molecule has 0 bridgehead atoms. The fraction of sp³-hybridized carbons (Fsp3) is 0.714. The lowest BCUT2D eigenvalue weighted by Crippen LogP contribution is -2.12. The molecule has 1 saturated heterocycles. The molecule has 1 aliphatic heterocycles. The Kier molecular flexibility index (Phi) is 5.97. The van der Waals surface area contributed by atoms with Gasteiger partial charge in [-0.2, -0.15) is 8.62 Å². The second-order valence-corrected chi connectivity index (χ2v) is 8.51. The van der Waals surface area contributed by atoms with Crippen LogP contribution in [0.15, 0.2) is 12.3 Å². The van der Waals surface area contributed by atoms with Gasteiger partial charge in [0, 0.05) is 0 Å². The highest BCUT2D eigenvalue weighted by molar-refractivity contribution is 7.66. The summed E-state index contributed by atoms with van der Waals surface area (Å²) in [6, 6.07) is 0. The number of phosphoric acid groups is 3. The Bertz CT molecular complexity index is 538. The van der Waals surface area contributed by atoms with Gasteiger partial charge in [-0.05, 0) is 19.8 Å². The summed E-state index contributed by atoms with van der Waals surface area (Å²) in [5.41, 5.74) is 0. The van der Waals surface area contributed by atoms with Gasteiger partial charge in [0.05, 0.1) is 6.10 Å². The smallest absolute Gasteiger partial charge is 0.406 e. The van der Waals surface area contributed by atoms with E-state index in [2.05, 4.69) is 19.7 Å². The van der Waals surface area contributed by atoms with Crippen LogP contribution in [0.2, 0.25) is 0 Å². The normalized spacial score (nSPS) is 28.6. The van der Waals surface area contributed by atoms with E-state index in [1.165, 1.54) is 0 Å². The molecule has 21 heavy (non-hydrogen) atoms. The third kappa shape index (κ3) is 7.17. The predicted octanol–water partition coefficient (Wildman–Crippen LogP) is 1.41. The molecule has 0 radical (unpaired) electrons. The van der Waals surface area contributed by atoms with E-state index >= 15 is 0 Å². The van der Waals surface area contributed by atoms with E-state index in [-0.39, 0.29) is 11.9 Å². The van der Waals surface area contributed by atoms with Gasteiger partial charge in [0.1, 0.15) is 11.9 Å². The molecule has 11 nitrogen and oxygen atoms in total. The minimum absolute atomic E-state index is 0.115. The van der Waals surface area contributed by atoms with Crippen LogP contribution in [0.3, 0.4) is 0 Å². The van der Waals surface area contributed by atoms with Crippen molar-refractivity contribution >= 4 is 23.5 Å². The van der Waals surface area contributed by atoms with Crippen LogP contribution in [0.25, 0.3) is 0 Å². The van der Waals surface area contributed by atoms with E-state index in [1.54, 1.807) is 6.92 Å². The zero-order chi connectivity index (χ0) is 16.5. The lowest BCUT2D eigenvalue weighted by Gasteiger charge is -2.20. The van der Waals surface area contributed by atoms with Crippen molar-refractivity contribution in [2.45, 2.75) is 32.0 Å². The molecular weight excluding hydrogens is 353 g/mol. The van der Waals surface area contributed by atoms with E-state index in [1.807, 2.05) is 0 Å². The van der Waals surface area contributed by atoms with Crippen LogP contribution in [0, 0.1) is 0 Å². The fourth-order valence-corrected chi connectivity index (χ4v) is 4.60.